The van der Waals surface area contributed by atoms with Gasteiger partial charge >= 0.3 is 0 Å². The fourth-order valence-electron chi connectivity index (χ4n) is 4.10. The van der Waals surface area contributed by atoms with Crippen molar-refractivity contribution in [2.24, 2.45) is 11.8 Å². The highest BCUT2D eigenvalue weighted by atomic mass is 16.1. The van der Waals surface area contributed by atoms with Crippen molar-refractivity contribution in [3.8, 4) is 6.07 Å². The highest BCUT2D eigenvalue weighted by molar-refractivity contribution is 6.02. The number of rotatable bonds is 4. The zero-order valence-corrected chi connectivity index (χ0v) is 16.8. The zero-order chi connectivity index (χ0) is 19.4. The van der Waals surface area contributed by atoms with Crippen LogP contribution in [0.2, 0.25) is 0 Å². The molecule has 0 radical (unpaired) electrons. The molecular formula is C24H30N2O. The van der Waals surface area contributed by atoms with Gasteiger partial charge in [-0.1, -0.05) is 32.0 Å². The Bertz CT molecular complexity index is 861. The topological polar surface area (TPSA) is 44.1 Å². The molecule has 0 bridgehead atoms. The van der Waals surface area contributed by atoms with Crippen molar-refractivity contribution >= 4 is 16.6 Å². The number of carbonyl (C=O) groups is 1. The second-order valence-corrected chi connectivity index (χ2v) is 7.69. The number of aryl methyl sites for hydroxylation is 1. The molecule has 4 rings (SSSR count). The lowest BCUT2D eigenvalue weighted by molar-refractivity contribution is 0.0815. The van der Waals surface area contributed by atoms with Gasteiger partial charge in [0.1, 0.15) is 0 Å². The summed E-state index contributed by atoms with van der Waals surface area (Å²) in [5.74, 6) is 1.29. The third kappa shape index (κ3) is 4.39. The van der Waals surface area contributed by atoms with Crippen LogP contribution >= 0.6 is 0 Å². The van der Waals surface area contributed by atoms with Crippen LogP contribution < -0.4 is 0 Å². The van der Waals surface area contributed by atoms with E-state index in [-0.39, 0.29) is 11.7 Å². The van der Waals surface area contributed by atoms with E-state index in [1.165, 1.54) is 19.4 Å². The molecule has 0 aromatic heterocycles. The smallest absolute Gasteiger partial charge is 0.167 e. The fraction of sp³-hybridized carbons (Fsp3) is 0.500. The second kappa shape index (κ2) is 8.67. The van der Waals surface area contributed by atoms with Gasteiger partial charge in [-0.3, -0.25) is 4.79 Å². The van der Waals surface area contributed by atoms with Crippen molar-refractivity contribution in [1.29, 1.82) is 5.26 Å². The molecule has 2 aliphatic rings. The van der Waals surface area contributed by atoms with E-state index in [1.807, 2.05) is 51.1 Å². The molecule has 1 aliphatic carbocycles. The van der Waals surface area contributed by atoms with Crippen molar-refractivity contribution in [3.63, 3.8) is 0 Å². The lowest BCUT2D eigenvalue weighted by Crippen LogP contribution is -2.39. The Balaban J connectivity index is 0.00000102. The first kappa shape index (κ1) is 19.6. The van der Waals surface area contributed by atoms with E-state index in [2.05, 4.69) is 11.0 Å². The Hall–Kier alpha value is -2.18. The summed E-state index contributed by atoms with van der Waals surface area (Å²) < 4.78 is 0. The molecule has 27 heavy (non-hydrogen) atoms. The quantitative estimate of drug-likeness (QED) is 0.689. The first-order valence-corrected chi connectivity index (χ1v) is 10.4. The van der Waals surface area contributed by atoms with Crippen LogP contribution in [0.25, 0.3) is 10.8 Å². The van der Waals surface area contributed by atoms with Crippen molar-refractivity contribution in [2.75, 3.05) is 19.6 Å². The molecule has 0 spiro atoms. The van der Waals surface area contributed by atoms with Crippen LogP contribution in [-0.2, 0) is 0 Å². The normalized spacial score (nSPS) is 19.9. The van der Waals surface area contributed by atoms with Gasteiger partial charge in [0.2, 0.25) is 0 Å². The average Bonchev–Trinajstić information content (AvgIpc) is 3.53. The molecule has 0 N–H and O–H groups in total. The highest BCUT2D eigenvalue weighted by Crippen LogP contribution is 2.32. The van der Waals surface area contributed by atoms with Crippen LogP contribution in [0.1, 0.15) is 61.0 Å². The number of Topliss-reactive ketones (excluding diaryl/α,β-unsaturated/α-hetero) is 1. The SMILES string of the molecule is CC.Cc1c(C#N)ccc2cc(C(=O)C3CCCN(CC4CC4)C3)ccc12. The first-order chi connectivity index (χ1) is 13.2. The second-order valence-electron chi connectivity index (χ2n) is 7.69. The van der Waals surface area contributed by atoms with Gasteiger partial charge in [-0.15, -0.1) is 0 Å². The Morgan fingerprint density at radius 1 is 1.19 bits per heavy atom. The van der Waals surface area contributed by atoms with Gasteiger partial charge in [0.05, 0.1) is 11.6 Å². The molecule has 1 aliphatic heterocycles. The standard InChI is InChI=1S/C22H24N2O.C2H6/c1-15-19(12-23)7-6-17-11-18(8-9-21(15)17)22(25)20-3-2-10-24(14-20)13-16-4-5-16;1-2/h6-9,11,16,20H,2-5,10,13-14H2,1H3;1-2H3. The van der Waals surface area contributed by atoms with E-state index < -0.39 is 0 Å². The molecule has 0 amide bonds. The molecule has 142 valence electrons. The number of carbonyl (C=O) groups excluding carboxylic acids is 1. The van der Waals surface area contributed by atoms with Crippen molar-refractivity contribution in [1.82, 2.24) is 4.90 Å². The molecule has 2 fully saturated rings. The van der Waals surface area contributed by atoms with Crippen LogP contribution in [-0.4, -0.2) is 30.3 Å². The predicted octanol–water partition coefficient (Wildman–Crippen LogP) is 5.35. The van der Waals surface area contributed by atoms with E-state index in [0.29, 0.717) is 5.56 Å². The third-order valence-corrected chi connectivity index (χ3v) is 5.78. The van der Waals surface area contributed by atoms with Gasteiger partial charge in [-0.05, 0) is 73.5 Å². The van der Waals surface area contributed by atoms with Gasteiger partial charge in [0.25, 0.3) is 0 Å². The van der Waals surface area contributed by atoms with Crippen LogP contribution in [0.3, 0.4) is 0 Å². The summed E-state index contributed by atoms with van der Waals surface area (Å²) in [4.78, 5) is 15.5. The van der Waals surface area contributed by atoms with Crippen LogP contribution in [0.4, 0.5) is 0 Å². The molecule has 3 heteroatoms. The fourth-order valence-corrected chi connectivity index (χ4v) is 4.10. The van der Waals surface area contributed by atoms with Gasteiger partial charge < -0.3 is 4.90 Å². The number of hydrogen-bond donors (Lipinski definition) is 0. The predicted molar refractivity (Wildman–Crippen MR) is 111 cm³/mol. The number of nitriles is 1. The van der Waals surface area contributed by atoms with Gasteiger partial charge in [0, 0.05) is 24.6 Å². The van der Waals surface area contributed by atoms with Gasteiger partial charge in [0.15, 0.2) is 5.78 Å². The Morgan fingerprint density at radius 2 is 1.96 bits per heavy atom. The van der Waals surface area contributed by atoms with Gasteiger partial charge in [-0.25, -0.2) is 0 Å². The Morgan fingerprint density at radius 3 is 2.67 bits per heavy atom. The molecule has 1 saturated heterocycles. The monoisotopic (exact) mass is 362 g/mol. The number of fused-ring (bicyclic) bond motifs is 1. The number of ketones is 1. The Labute approximate surface area is 163 Å². The average molecular weight is 363 g/mol. The van der Waals surface area contributed by atoms with Crippen LogP contribution in [0.5, 0.6) is 0 Å². The molecule has 1 atom stereocenters. The molecule has 2 aromatic rings. The molecule has 2 aromatic carbocycles. The Kier molecular flexibility index (Phi) is 6.29. The number of benzene rings is 2. The first-order valence-electron chi connectivity index (χ1n) is 10.4. The molecule has 1 saturated carbocycles. The summed E-state index contributed by atoms with van der Waals surface area (Å²) in [6.07, 6.45) is 4.86. The molecule has 3 nitrogen and oxygen atoms in total. The third-order valence-electron chi connectivity index (χ3n) is 5.78. The molecule has 1 unspecified atom stereocenters. The van der Waals surface area contributed by atoms with Crippen molar-refractivity contribution in [2.45, 2.75) is 46.5 Å². The lowest BCUT2D eigenvalue weighted by atomic mass is 9.88. The summed E-state index contributed by atoms with van der Waals surface area (Å²) in [5, 5.41) is 11.3. The number of nitrogens with zero attached hydrogens (tertiary/aromatic N) is 2. The summed E-state index contributed by atoms with van der Waals surface area (Å²) in [6, 6.07) is 12.0. The van der Waals surface area contributed by atoms with Crippen LogP contribution in [0.15, 0.2) is 30.3 Å². The minimum Gasteiger partial charge on any atom is -0.302 e. The van der Waals surface area contributed by atoms with Gasteiger partial charge in [-0.2, -0.15) is 5.26 Å². The minimum absolute atomic E-state index is 0.129. The summed E-state index contributed by atoms with van der Waals surface area (Å²) in [6.45, 7) is 9.21. The molecule has 1 heterocycles. The van der Waals surface area contributed by atoms with E-state index in [4.69, 9.17) is 0 Å². The number of piperidine rings is 1. The maximum absolute atomic E-state index is 13.0. The molecular weight excluding hydrogens is 332 g/mol. The van der Waals surface area contributed by atoms with E-state index in [9.17, 15) is 10.1 Å². The lowest BCUT2D eigenvalue weighted by Gasteiger charge is -2.32. The summed E-state index contributed by atoms with van der Waals surface area (Å²) in [5.41, 5.74) is 2.51. The highest BCUT2D eigenvalue weighted by Gasteiger charge is 2.30. The van der Waals surface area contributed by atoms with E-state index >= 15 is 0 Å². The van der Waals surface area contributed by atoms with Crippen molar-refractivity contribution < 1.29 is 4.79 Å². The minimum atomic E-state index is 0.129. The summed E-state index contributed by atoms with van der Waals surface area (Å²) in [7, 11) is 0. The number of hydrogen-bond acceptors (Lipinski definition) is 3. The maximum atomic E-state index is 13.0. The number of likely N-dealkylation sites (tertiary alicyclic amines) is 1. The maximum Gasteiger partial charge on any atom is 0.167 e. The van der Waals surface area contributed by atoms with Crippen LogP contribution in [0, 0.1) is 30.1 Å². The van der Waals surface area contributed by atoms with Crippen molar-refractivity contribution in [3.05, 3.63) is 47.0 Å². The zero-order valence-electron chi connectivity index (χ0n) is 16.8. The van der Waals surface area contributed by atoms with E-state index in [0.717, 1.165) is 53.7 Å². The summed E-state index contributed by atoms with van der Waals surface area (Å²) >= 11 is 0. The van der Waals surface area contributed by atoms with E-state index in [1.54, 1.807) is 0 Å². The largest absolute Gasteiger partial charge is 0.302 e.